The van der Waals surface area contributed by atoms with E-state index in [-0.39, 0.29) is 10.7 Å². The molecule has 0 aliphatic rings. The molecule has 0 aliphatic carbocycles. The van der Waals surface area contributed by atoms with E-state index < -0.39 is 5.82 Å². The van der Waals surface area contributed by atoms with Crippen LogP contribution in [0.2, 0.25) is 5.15 Å². The summed E-state index contributed by atoms with van der Waals surface area (Å²) in [6.07, 6.45) is 2.90. The molecule has 0 radical (unpaired) electrons. The fourth-order valence-corrected chi connectivity index (χ4v) is 1.52. The van der Waals surface area contributed by atoms with Gasteiger partial charge < -0.3 is 0 Å². The Morgan fingerprint density at radius 2 is 1.94 bits per heavy atom. The lowest BCUT2D eigenvalue weighted by molar-refractivity contribution is 0.628. The topological polar surface area (TPSA) is 49.6 Å². The van der Waals surface area contributed by atoms with Crippen LogP contribution >= 0.6 is 11.6 Å². The van der Waals surface area contributed by atoms with Gasteiger partial charge in [-0.2, -0.15) is 5.26 Å². The van der Waals surface area contributed by atoms with Crippen LogP contribution in [0.25, 0.3) is 11.3 Å². The molecule has 0 bridgehead atoms. The van der Waals surface area contributed by atoms with E-state index in [1.165, 1.54) is 24.5 Å². The Kier molecular flexibility index (Phi) is 2.80. The second-order valence-electron chi connectivity index (χ2n) is 3.04. The maximum Gasteiger partial charge on any atom is 0.155 e. The van der Waals surface area contributed by atoms with E-state index in [0.29, 0.717) is 11.3 Å². The van der Waals surface area contributed by atoms with Crippen LogP contribution in [0.4, 0.5) is 4.39 Å². The summed E-state index contributed by atoms with van der Waals surface area (Å²) in [4.78, 5) is 7.83. The van der Waals surface area contributed by atoms with Gasteiger partial charge in [0.1, 0.15) is 11.5 Å². The zero-order valence-electron chi connectivity index (χ0n) is 7.98. The molecule has 0 unspecified atom stereocenters. The number of halogens is 2. The second-order valence-corrected chi connectivity index (χ2v) is 3.39. The summed E-state index contributed by atoms with van der Waals surface area (Å²) >= 11 is 5.83. The molecule has 0 amide bonds. The van der Waals surface area contributed by atoms with Gasteiger partial charge in [0.2, 0.25) is 0 Å². The highest BCUT2D eigenvalue weighted by Gasteiger charge is 2.08. The lowest BCUT2D eigenvalue weighted by Gasteiger charge is -2.02. The van der Waals surface area contributed by atoms with Crippen molar-refractivity contribution in [3.8, 4) is 17.3 Å². The molecule has 2 rings (SSSR count). The maximum atomic E-state index is 13.2. The van der Waals surface area contributed by atoms with Crippen LogP contribution in [0.1, 0.15) is 5.56 Å². The molecule has 78 valence electrons. The third kappa shape index (κ3) is 2.00. The molecule has 1 heterocycles. The van der Waals surface area contributed by atoms with Crippen molar-refractivity contribution in [3.05, 3.63) is 47.1 Å². The number of benzene rings is 1. The molecule has 16 heavy (non-hydrogen) atoms. The molecule has 0 saturated carbocycles. The summed E-state index contributed by atoms with van der Waals surface area (Å²) in [6.45, 7) is 0. The fraction of sp³-hybridized carbons (Fsp3) is 0. The molecule has 0 atom stereocenters. The predicted octanol–water partition coefficient (Wildman–Crippen LogP) is 2.81. The Morgan fingerprint density at radius 1 is 1.19 bits per heavy atom. The number of rotatable bonds is 1. The van der Waals surface area contributed by atoms with Crippen molar-refractivity contribution in [2.75, 3.05) is 0 Å². The van der Waals surface area contributed by atoms with E-state index in [9.17, 15) is 4.39 Å². The molecule has 0 N–H and O–H groups in total. The minimum Gasteiger partial charge on any atom is -0.251 e. The minimum atomic E-state index is -0.504. The quantitative estimate of drug-likeness (QED) is 0.761. The second kappa shape index (κ2) is 4.25. The zero-order chi connectivity index (χ0) is 11.5. The first-order valence-electron chi connectivity index (χ1n) is 4.38. The Labute approximate surface area is 96.2 Å². The highest BCUT2D eigenvalue weighted by Crippen LogP contribution is 2.24. The van der Waals surface area contributed by atoms with Gasteiger partial charge in [-0.1, -0.05) is 11.6 Å². The number of hydrogen-bond donors (Lipinski definition) is 0. The lowest BCUT2D eigenvalue weighted by Crippen LogP contribution is -1.89. The molecular formula is C11H5ClFN3. The first-order valence-corrected chi connectivity index (χ1v) is 4.76. The van der Waals surface area contributed by atoms with E-state index >= 15 is 0 Å². The van der Waals surface area contributed by atoms with E-state index in [1.54, 1.807) is 0 Å². The predicted molar refractivity (Wildman–Crippen MR) is 57.2 cm³/mol. The van der Waals surface area contributed by atoms with Crippen LogP contribution in [0.5, 0.6) is 0 Å². The van der Waals surface area contributed by atoms with Gasteiger partial charge in [-0.05, 0) is 18.2 Å². The smallest absolute Gasteiger partial charge is 0.155 e. The Balaban J connectivity index is 2.61. The zero-order valence-corrected chi connectivity index (χ0v) is 8.74. The van der Waals surface area contributed by atoms with Crippen molar-refractivity contribution < 1.29 is 4.39 Å². The van der Waals surface area contributed by atoms with Gasteiger partial charge in [-0.25, -0.2) is 9.37 Å². The van der Waals surface area contributed by atoms with Gasteiger partial charge in [0.05, 0.1) is 11.6 Å². The van der Waals surface area contributed by atoms with Crippen LogP contribution in [-0.2, 0) is 0 Å². The van der Waals surface area contributed by atoms with Gasteiger partial charge in [-0.3, -0.25) is 4.98 Å². The average Bonchev–Trinajstić information content (AvgIpc) is 2.28. The van der Waals surface area contributed by atoms with Crippen molar-refractivity contribution in [2.45, 2.75) is 0 Å². The fourth-order valence-electron chi connectivity index (χ4n) is 1.31. The van der Waals surface area contributed by atoms with Crippen molar-refractivity contribution in [1.29, 1.82) is 5.26 Å². The first-order chi connectivity index (χ1) is 7.70. The molecule has 2 aromatic rings. The molecule has 3 nitrogen and oxygen atoms in total. The monoisotopic (exact) mass is 233 g/mol. The van der Waals surface area contributed by atoms with Gasteiger partial charge in [0.25, 0.3) is 0 Å². The highest BCUT2D eigenvalue weighted by atomic mass is 35.5. The van der Waals surface area contributed by atoms with Crippen LogP contribution in [0.3, 0.4) is 0 Å². The molecule has 1 aromatic heterocycles. The summed E-state index contributed by atoms with van der Waals surface area (Å²) in [5, 5.41) is 8.89. The summed E-state index contributed by atoms with van der Waals surface area (Å²) in [7, 11) is 0. The Hall–Kier alpha value is -1.99. The third-order valence-corrected chi connectivity index (χ3v) is 2.23. The summed E-state index contributed by atoms with van der Waals surface area (Å²) < 4.78 is 13.2. The van der Waals surface area contributed by atoms with Crippen molar-refractivity contribution in [3.63, 3.8) is 0 Å². The Morgan fingerprint density at radius 3 is 2.62 bits per heavy atom. The van der Waals surface area contributed by atoms with Gasteiger partial charge in [-0.15, -0.1) is 0 Å². The van der Waals surface area contributed by atoms with Crippen molar-refractivity contribution >= 4 is 11.6 Å². The van der Waals surface area contributed by atoms with Gasteiger partial charge >= 0.3 is 0 Å². The average molecular weight is 234 g/mol. The van der Waals surface area contributed by atoms with E-state index in [1.807, 2.05) is 6.07 Å². The molecular weight excluding hydrogens is 229 g/mol. The van der Waals surface area contributed by atoms with Gasteiger partial charge in [0, 0.05) is 18.0 Å². The number of nitriles is 1. The minimum absolute atomic E-state index is 0.178. The number of aromatic nitrogens is 2. The van der Waals surface area contributed by atoms with Crippen LogP contribution < -0.4 is 0 Å². The number of hydrogen-bond acceptors (Lipinski definition) is 3. The summed E-state index contributed by atoms with van der Waals surface area (Å²) in [5.74, 6) is -0.504. The van der Waals surface area contributed by atoms with Crippen LogP contribution in [-0.4, -0.2) is 9.97 Å². The Bertz CT molecular complexity index is 578. The SMILES string of the molecule is N#Cc1cc(F)cc(-c2nccnc2Cl)c1. The summed E-state index contributed by atoms with van der Waals surface area (Å²) in [5.41, 5.74) is 1.02. The van der Waals surface area contributed by atoms with E-state index in [2.05, 4.69) is 9.97 Å². The normalized spacial score (nSPS) is 9.81. The van der Waals surface area contributed by atoms with E-state index in [0.717, 1.165) is 6.07 Å². The largest absolute Gasteiger partial charge is 0.251 e. The molecule has 0 aliphatic heterocycles. The first kappa shape index (κ1) is 10.5. The molecule has 0 spiro atoms. The number of nitrogens with zero attached hydrogens (tertiary/aromatic N) is 3. The standard InChI is InChI=1S/C11H5ClFN3/c12-11-10(15-1-2-16-11)8-3-7(6-14)4-9(13)5-8/h1-5H. The third-order valence-electron chi connectivity index (χ3n) is 1.95. The van der Waals surface area contributed by atoms with Gasteiger partial charge in [0.15, 0.2) is 5.15 Å². The molecule has 0 fully saturated rings. The maximum absolute atomic E-state index is 13.2. The summed E-state index contributed by atoms with van der Waals surface area (Å²) in [6, 6.07) is 5.79. The molecule has 5 heteroatoms. The van der Waals surface area contributed by atoms with Crippen LogP contribution in [0, 0.1) is 17.1 Å². The van der Waals surface area contributed by atoms with Crippen LogP contribution in [0.15, 0.2) is 30.6 Å². The molecule has 0 saturated heterocycles. The highest BCUT2D eigenvalue weighted by molar-refractivity contribution is 6.31. The van der Waals surface area contributed by atoms with Crippen molar-refractivity contribution in [1.82, 2.24) is 9.97 Å². The van der Waals surface area contributed by atoms with Crippen molar-refractivity contribution in [2.24, 2.45) is 0 Å². The molecule has 1 aromatic carbocycles. The van der Waals surface area contributed by atoms with E-state index in [4.69, 9.17) is 16.9 Å². The lowest BCUT2D eigenvalue weighted by atomic mass is 10.1.